The second kappa shape index (κ2) is 8.19. The molecule has 1 fully saturated rings. The third-order valence-electron chi connectivity index (χ3n) is 4.58. The molecule has 0 spiro atoms. The molecule has 0 radical (unpaired) electrons. The smallest absolute Gasteiger partial charge is 0.161 e. The van der Waals surface area contributed by atoms with Crippen LogP contribution < -0.4 is 4.90 Å². The van der Waals surface area contributed by atoms with Gasteiger partial charge >= 0.3 is 0 Å². The zero-order valence-corrected chi connectivity index (χ0v) is 16.4. The summed E-state index contributed by atoms with van der Waals surface area (Å²) in [5.74, 6) is 1.96. The Kier molecular flexibility index (Phi) is 5.50. The average Bonchev–Trinajstić information content (AvgIpc) is 3.24. The highest BCUT2D eigenvalue weighted by molar-refractivity contribution is 7.84. The largest absolute Gasteiger partial charge is 0.356 e. The number of benzene rings is 2. The second-order valence-corrected chi connectivity index (χ2v) is 8.43. The molecular formula is C21H20ClN3OS. The lowest BCUT2D eigenvalue weighted by Gasteiger charge is -2.18. The van der Waals surface area contributed by atoms with Gasteiger partial charge < -0.3 is 4.90 Å². The fraction of sp³-hybridized carbons (Fsp3) is 0.238. The molecule has 0 bridgehead atoms. The first-order valence-corrected chi connectivity index (χ1v) is 10.7. The van der Waals surface area contributed by atoms with E-state index in [9.17, 15) is 4.21 Å². The van der Waals surface area contributed by atoms with Crippen LogP contribution in [0.15, 0.2) is 65.6 Å². The predicted molar refractivity (Wildman–Crippen MR) is 110 cm³/mol. The van der Waals surface area contributed by atoms with E-state index in [4.69, 9.17) is 21.6 Å². The summed E-state index contributed by atoms with van der Waals surface area (Å²) in [5, 5.41) is 0.639. The standard InChI is InChI=1S/C21H20ClN3OS/c22-17-8-10-19(11-9-17)27(26)15-18-14-20(25-12-4-5-13-25)24-21(23-18)16-6-2-1-3-7-16/h1-3,6-11,14H,4-5,12-13,15H2. The number of aromatic nitrogens is 2. The Morgan fingerprint density at radius 1 is 0.963 bits per heavy atom. The van der Waals surface area contributed by atoms with E-state index in [1.54, 1.807) is 24.3 Å². The second-order valence-electron chi connectivity index (χ2n) is 6.55. The lowest BCUT2D eigenvalue weighted by molar-refractivity contribution is 0.682. The average molecular weight is 398 g/mol. The van der Waals surface area contributed by atoms with Crippen LogP contribution in [-0.2, 0) is 16.6 Å². The SMILES string of the molecule is O=S(Cc1cc(N2CCCC2)nc(-c2ccccc2)n1)c1ccc(Cl)cc1. The molecule has 1 aliphatic rings. The van der Waals surface area contributed by atoms with Gasteiger partial charge in [-0.05, 0) is 37.1 Å². The molecule has 1 aromatic heterocycles. The van der Waals surface area contributed by atoms with Crippen molar-refractivity contribution in [2.24, 2.45) is 0 Å². The van der Waals surface area contributed by atoms with Crippen LogP contribution in [0.25, 0.3) is 11.4 Å². The Hall–Kier alpha value is -2.24. The van der Waals surface area contributed by atoms with Crippen LogP contribution in [0.3, 0.4) is 0 Å². The summed E-state index contributed by atoms with van der Waals surface area (Å²) in [6, 6.07) is 19.1. The molecule has 0 saturated carbocycles. The minimum atomic E-state index is -1.18. The van der Waals surface area contributed by atoms with E-state index in [1.807, 2.05) is 36.4 Å². The van der Waals surface area contributed by atoms with Crippen LogP contribution >= 0.6 is 11.6 Å². The van der Waals surface area contributed by atoms with Gasteiger partial charge in [-0.1, -0.05) is 41.9 Å². The molecule has 4 rings (SSSR count). The normalized spacial score (nSPS) is 15.1. The van der Waals surface area contributed by atoms with Crippen LogP contribution in [0.5, 0.6) is 0 Å². The van der Waals surface area contributed by atoms with E-state index < -0.39 is 10.8 Å². The monoisotopic (exact) mass is 397 g/mol. The van der Waals surface area contributed by atoms with Gasteiger partial charge in [-0.3, -0.25) is 4.21 Å². The molecule has 1 saturated heterocycles. The van der Waals surface area contributed by atoms with Crippen molar-refractivity contribution in [2.75, 3.05) is 18.0 Å². The van der Waals surface area contributed by atoms with Crippen LogP contribution in [0.1, 0.15) is 18.5 Å². The summed E-state index contributed by atoms with van der Waals surface area (Å²) < 4.78 is 12.8. The molecule has 2 aromatic carbocycles. The van der Waals surface area contributed by atoms with Crippen molar-refractivity contribution in [1.82, 2.24) is 9.97 Å². The molecule has 3 aromatic rings. The Labute approximate surface area is 166 Å². The third-order valence-corrected chi connectivity index (χ3v) is 6.19. The van der Waals surface area contributed by atoms with Crippen molar-refractivity contribution in [3.05, 3.63) is 71.4 Å². The Bertz CT molecular complexity index is 941. The number of rotatable bonds is 5. The van der Waals surface area contributed by atoms with Gasteiger partial charge in [0.25, 0.3) is 0 Å². The molecule has 138 valence electrons. The Morgan fingerprint density at radius 2 is 1.67 bits per heavy atom. The number of halogens is 1. The van der Waals surface area contributed by atoms with Gasteiger partial charge in [0, 0.05) is 34.6 Å². The summed E-state index contributed by atoms with van der Waals surface area (Å²) >= 11 is 5.93. The van der Waals surface area contributed by atoms with Gasteiger partial charge in [0.05, 0.1) is 22.2 Å². The van der Waals surface area contributed by atoms with Gasteiger partial charge in [-0.25, -0.2) is 9.97 Å². The van der Waals surface area contributed by atoms with Crippen LogP contribution in [0, 0.1) is 0 Å². The molecule has 0 N–H and O–H groups in total. The molecule has 4 nitrogen and oxygen atoms in total. The minimum Gasteiger partial charge on any atom is -0.356 e. The first kappa shape index (κ1) is 18.1. The predicted octanol–water partition coefficient (Wildman–Crippen LogP) is 4.71. The van der Waals surface area contributed by atoms with Crippen molar-refractivity contribution in [3.8, 4) is 11.4 Å². The van der Waals surface area contributed by atoms with Crippen molar-refractivity contribution in [2.45, 2.75) is 23.5 Å². The molecule has 1 unspecified atom stereocenters. The molecule has 0 amide bonds. The van der Waals surface area contributed by atoms with Crippen LogP contribution in [0.2, 0.25) is 5.02 Å². The summed E-state index contributed by atoms with van der Waals surface area (Å²) in [6.07, 6.45) is 2.35. The van der Waals surface area contributed by atoms with E-state index in [1.165, 1.54) is 12.8 Å². The van der Waals surface area contributed by atoms with E-state index in [2.05, 4.69) is 4.90 Å². The third kappa shape index (κ3) is 4.37. The minimum absolute atomic E-state index is 0.352. The maximum Gasteiger partial charge on any atom is 0.161 e. The Balaban J connectivity index is 1.67. The topological polar surface area (TPSA) is 46.1 Å². The lowest BCUT2D eigenvalue weighted by atomic mass is 10.2. The molecule has 0 aliphatic carbocycles. The molecule has 2 heterocycles. The zero-order valence-electron chi connectivity index (χ0n) is 14.8. The van der Waals surface area contributed by atoms with Gasteiger partial charge in [0.2, 0.25) is 0 Å². The van der Waals surface area contributed by atoms with Gasteiger partial charge in [0.15, 0.2) is 5.82 Å². The van der Waals surface area contributed by atoms with Crippen molar-refractivity contribution in [1.29, 1.82) is 0 Å². The summed E-state index contributed by atoms with van der Waals surface area (Å²) in [5.41, 5.74) is 1.76. The van der Waals surface area contributed by atoms with E-state index in [0.717, 1.165) is 35.1 Å². The van der Waals surface area contributed by atoms with E-state index >= 15 is 0 Å². The van der Waals surface area contributed by atoms with Crippen molar-refractivity contribution >= 4 is 28.2 Å². The highest BCUT2D eigenvalue weighted by atomic mass is 35.5. The molecule has 27 heavy (non-hydrogen) atoms. The molecule has 1 atom stereocenters. The summed E-state index contributed by atoms with van der Waals surface area (Å²) in [7, 11) is -1.18. The fourth-order valence-electron chi connectivity index (χ4n) is 3.19. The molecule has 6 heteroatoms. The zero-order chi connectivity index (χ0) is 18.6. The first-order chi connectivity index (χ1) is 13.2. The van der Waals surface area contributed by atoms with Crippen LogP contribution in [-0.4, -0.2) is 27.3 Å². The van der Waals surface area contributed by atoms with Crippen LogP contribution in [0.4, 0.5) is 5.82 Å². The maximum atomic E-state index is 12.8. The number of nitrogens with zero attached hydrogens (tertiary/aromatic N) is 3. The van der Waals surface area contributed by atoms with Crippen molar-refractivity contribution < 1.29 is 4.21 Å². The Morgan fingerprint density at radius 3 is 2.37 bits per heavy atom. The number of hydrogen-bond acceptors (Lipinski definition) is 4. The number of hydrogen-bond donors (Lipinski definition) is 0. The maximum absolute atomic E-state index is 12.8. The van der Waals surface area contributed by atoms with Gasteiger partial charge in [0.1, 0.15) is 5.82 Å². The fourth-order valence-corrected chi connectivity index (χ4v) is 4.33. The van der Waals surface area contributed by atoms with Gasteiger partial charge in [-0.15, -0.1) is 0 Å². The molecular weight excluding hydrogens is 378 g/mol. The van der Waals surface area contributed by atoms with Gasteiger partial charge in [-0.2, -0.15) is 0 Å². The van der Waals surface area contributed by atoms with E-state index in [-0.39, 0.29) is 0 Å². The van der Waals surface area contributed by atoms with E-state index in [0.29, 0.717) is 16.6 Å². The highest BCUT2D eigenvalue weighted by Gasteiger charge is 2.17. The van der Waals surface area contributed by atoms with Crippen molar-refractivity contribution in [3.63, 3.8) is 0 Å². The highest BCUT2D eigenvalue weighted by Crippen LogP contribution is 2.24. The first-order valence-electron chi connectivity index (χ1n) is 9.01. The summed E-state index contributed by atoms with van der Waals surface area (Å²) in [6.45, 7) is 2.01. The molecule has 1 aliphatic heterocycles. The summed E-state index contributed by atoms with van der Waals surface area (Å²) in [4.78, 5) is 12.5. The lowest BCUT2D eigenvalue weighted by Crippen LogP contribution is -2.20. The quantitative estimate of drug-likeness (QED) is 0.625. The number of anilines is 1.